The molecule has 0 amide bonds. The summed E-state index contributed by atoms with van der Waals surface area (Å²) in [6.07, 6.45) is 86.0. The topological polar surface area (TPSA) is 78.9 Å². The zero-order valence-electron chi connectivity index (χ0n) is 53.2. The van der Waals surface area contributed by atoms with E-state index in [1.165, 1.54) is 270 Å². The van der Waals surface area contributed by atoms with E-state index in [2.05, 4.69) is 69.4 Å². The quantitative estimate of drug-likeness (QED) is 0.0261. The second-order valence-electron chi connectivity index (χ2n) is 23.8. The molecule has 79 heavy (non-hydrogen) atoms. The van der Waals surface area contributed by atoms with E-state index in [0.29, 0.717) is 19.3 Å². The summed E-state index contributed by atoms with van der Waals surface area (Å²) in [4.78, 5) is 38.2. The predicted molar refractivity (Wildman–Crippen MR) is 344 cm³/mol. The molecule has 1 unspecified atom stereocenters. The summed E-state index contributed by atoms with van der Waals surface area (Å²) in [5.74, 6) is -0.854. The molecule has 6 heteroatoms. The van der Waals surface area contributed by atoms with Gasteiger partial charge in [0.25, 0.3) is 0 Å². The van der Waals surface area contributed by atoms with Gasteiger partial charge in [-0.1, -0.05) is 326 Å². The zero-order valence-corrected chi connectivity index (χ0v) is 53.2. The van der Waals surface area contributed by atoms with Gasteiger partial charge in [-0.05, 0) is 83.5 Å². The molecule has 0 aromatic heterocycles. The van der Waals surface area contributed by atoms with Crippen LogP contribution in [0.2, 0.25) is 0 Å². The fraction of sp³-hybridized carbons (Fsp3) is 0.849. The molecular formula is C73H134O6. The van der Waals surface area contributed by atoms with Crippen molar-refractivity contribution < 1.29 is 28.6 Å². The minimum absolute atomic E-state index is 0.0689. The highest BCUT2D eigenvalue weighted by atomic mass is 16.6. The first-order valence-corrected chi connectivity index (χ1v) is 35.1. The molecular weight excluding hydrogens is 973 g/mol. The van der Waals surface area contributed by atoms with E-state index in [1.807, 2.05) is 0 Å². The molecule has 1 atom stereocenters. The van der Waals surface area contributed by atoms with Crippen LogP contribution in [0.1, 0.15) is 380 Å². The van der Waals surface area contributed by atoms with Crippen LogP contribution in [0.5, 0.6) is 0 Å². The van der Waals surface area contributed by atoms with Gasteiger partial charge in [0.15, 0.2) is 6.10 Å². The lowest BCUT2D eigenvalue weighted by Gasteiger charge is -2.18. The average molecular weight is 1110 g/mol. The lowest BCUT2D eigenvalue weighted by Crippen LogP contribution is -2.30. The van der Waals surface area contributed by atoms with Crippen molar-refractivity contribution in [1.82, 2.24) is 0 Å². The maximum Gasteiger partial charge on any atom is 0.306 e. The van der Waals surface area contributed by atoms with Gasteiger partial charge in [-0.3, -0.25) is 14.4 Å². The van der Waals surface area contributed by atoms with Gasteiger partial charge in [0, 0.05) is 19.3 Å². The summed E-state index contributed by atoms with van der Waals surface area (Å²) in [5.41, 5.74) is 0. The number of carbonyl (C=O) groups is 3. The Kier molecular flexibility index (Phi) is 65.6. The van der Waals surface area contributed by atoms with Gasteiger partial charge in [-0.15, -0.1) is 0 Å². The standard InChI is InChI=1S/C73H134O6/c1-4-7-10-13-16-18-20-22-24-26-28-30-32-33-34-35-36-37-38-39-41-42-44-46-48-50-52-54-57-60-63-66-72(75)78-69-70(68-77-71(74)65-62-59-56-15-12-9-6-3)79-73(76)67-64-61-58-55-53-51-49-47-45-43-40-31-29-27-25-23-21-19-17-14-11-8-5-2/h20,22,26-29,32-33,70H,4-19,21,23-25,30-31,34-69H2,1-3H3/b22-20-,28-26-,29-27-,33-32-. The summed E-state index contributed by atoms with van der Waals surface area (Å²) in [6.45, 7) is 6.64. The van der Waals surface area contributed by atoms with Gasteiger partial charge >= 0.3 is 17.9 Å². The van der Waals surface area contributed by atoms with E-state index in [9.17, 15) is 14.4 Å². The lowest BCUT2D eigenvalue weighted by atomic mass is 10.0. The van der Waals surface area contributed by atoms with Crippen LogP contribution in [0.15, 0.2) is 48.6 Å². The Bertz CT molecular complexity index is 1360. The van der Waals surface area contributed by atoms with Crippen LogP contribution < -0.4 is 0 Å². The Labute approximate surface area is 492 Å². The van der Waals surface area contributed by atoms with Crippen LogP contribution in [0, 0.1) is 0 Å². The molecule has 0 N–H and O–H groups in total. The van der Waals surface area contributed by atoms with Crippen molar-refractivity contribution in [1.29, 1.82) is 0 Å². The molecule has 462 valence electrons. The third kappa shape index (κ3) is 66.1. The number of ether oxygens (including phenoxy) is 3. The van der Waals surface area contributed by atoms with E-state index in [4.69, 9.17) is 14.2 Å². The van der Waals surface area contributed by atoms with Gasteiger partial charge in [0.05, 0.1) is 0 Å². The molecule has 0 heterocycles. The fourth-order valence-electron chi connectivity index (χ4n) is 10.5. The van der Waals surface area contributed by atoms with Crippen LogP contribution in [-0.4, -0.2) is 37.2 Å². The summed E-state index contributed by atoms with van der Waals surface area (Å²) in [5, 5.41) is 0. The minimum atomic E-state index is -0.769. The highest BCUT2D eigenvalue weighted by molar-refractivity contribution is 5.71. The first-order chi connectivity index (χ1) is 39.0. The largest absolute Gasteiger partial charge is 0.462 e. The van der Waals surface area contributed by atoms with Crippen molar-refractivity contribution in [2.45, 2.75) is 386 Å². The Balaban J connectivity index is 4.03. The molecule has 0 radical (unpaired) electrons. The first-order valence-electron chi connectivity index (χ1n) is 35.1. The molecule has 0 aromatic rings. The van der Waals surface area contributed by atoms with Crippen LogP contribution in [0.25, 0.3) is 0 Å². The summed E-state index contributed by atoms with van der Waals surface area (Å²) in [6, 6.07) is 0. The highest BCUT2D eigenvalue weighted by Crippen LogP contribution is 2.18. The van der Waals surface area contributed by atoms with Gasteiger partial charge in [0.1, 0.15) is 13.2 Å². The maximum atomic E-state index is 12.9. The van der Waals surface area contributed by atoms with E-state index >= 15 is 0 Å². The fourth-order valence-corrected chi connectivity index (χ4v) is 10.5. The van der Waals surface area contributed by atoms with Crippen molar-refractivity contribution in [3.05, 3.63) is 48.6 Å². The number of esters is 3. The molecule has 0 aromatic carbocycles. The minimum Gasteiger partial charge on any atom is -0.462 e. The number of unbranched alkanes of at least 4 members (excludes halogenated alkanes) is 46. The van der Waals surface area contributed by atoms with E-state index in [1.54, 1.807) is 0 Å². The van der Waals surface area contributed by atoms with Crippen LogP contribution in [-0.2, 0) is 28.6 Å². The second-order valence-corrected chi connectivity index (χ2v) is 23.8. The number of allylic oxidation sites excluding steroid dienone is 8. The SMILES string of the molecule is CCCCCCC/C=C\C/C=C\C/C=C\CCCCCCCCCCCCCCCCCCC(=O)OCC(COC(=O)CCCCCCCCC)OC(=O)CCCCCCCCCCCCC/C=C\CCCCCCCCCC. The van der Waals surface area contributed by atoms with Gasteiger partial charge < -0.3 is 14.2 Å². The third-order valence-electron chi connectivity index (χ3n) is 15.8. The number of carbonyl (C=O) groups excluding carboxylic acids is 3. The van der Waals surface area contributed by atoms with Gasteiger partial charge in [0.2, 0.25) is 0 Å². The Morgan fingerprint density at radius 2 is 0.456 bits per heavy atom. The van der Waals surface area contributed by atoms with Gasteiger partial charge in [-0.2, -0.15) is 0 Å². The van der Waals surface area contributed by atoms with Crippen molar-refractivity contribution in [2.24, 2.45) is 0 Å². The molecule has 0 rings (SSSR count). The van der Waals surface area contributed by atoms with Crippen molar-refractivity contribution in [2.75, 3.05) is 13.2 Å². The van der Waals surface area contributed by atoms with Crippen molar-refractivity contribution >= 4 is 17.9 Å². The summed E-state index contributed by atoms with van der Waals surface area (Å²) in [7, 11) is 0. The predicted octanol–water partition coefficient (Wildman–Crippen LogP) is 24.1. The van der Waals surface area contributed by atoms with E-state index in [0.717, 1.165) is 70.6 Å². The number of rotatable bonds is 65. The second kappa shape index (κ2) is 67.9. The highest BCUT2D eigenvalue weighted by Gasteiger charge is 2.19. The van der Waals surface area contributed by atoms with Crippen molar-refractivity contribution in [3.8, 4) is 0 Å². The monoisotopic (exact) mass is 1110 g/mol. The molecule has 0 spiro atoms. The molecule has 0 aliphatic heterocycles. The Morgan fingerprint density at radius 1 is 0.253 bits per heavy atom. The average Bonchev–Trinajstić information content (AvgIpc) is 3.45. The smallest absolute Gasteiger partial charge is 0.306 e. The normalized spacial score (nSPS) is 12.3. The summed E-state index contributed by atoms with van der Waals surface area (Å²) < 4.78 is 16.9. The van der Waals surface area contributed by atoms with E-state index < -0.39 is 6.10 Å². The summed E-state index contributed by atoms with van der Waals surface area (Å²) >= 11 is 0. The molecule has 0 bridgehead atoms. The molecule has 0 saturated heterocycles. The van der Waals surface area contributed by atoms with Crippen molar-refractivity contribution in [3.63, 3.8) is 0 Å². The number of hydrogen-bond acceptors (Lipinski definition) is 6. The van der Waals surface area contributed by atoms with Crippen LogP contribution >= 0.6 is 0 Å². The molecule has 0 aliphatic carbocycles. The third-order valence-corrected chi connectivity index (χ3v) is 15.8. The molecule has 0 fully saturated rings. The Morgan fingerprint density at radius 3 is 0.722 bits per heavy atom. The lowest BCUT2D eigenvalue weighted by molar-refractivity contribution is -0.167. The first kappa shape index (κ1) is 76.4. The maximum absolute atomic E-state index is 12.9. The Hall–Kier alpha value is -2.63. The van der Waals surface area contributed by atoms with Crippen LogP contribution in [0.4, 0.5) is 0 Å². The zero-order chi connectivity index (χ0) is 57.1. The van der Waals surface area contributed by atoms with E-state index in [-0.39, 0.29) is 31.1 Å². The number of hydrogen-bond donors (Lipinski definition) is 0. The molecule has 6 nitrogen and oxygen atoms in total. The molecule has 0 saturated carbocycles. The molecule has 0 aliphatic rings. The van der Waals surface area contributed by atoms with Gasteiger partial charge in [-0.25, -0.2) is 0 Å². The van der Waals surface area contributed by atoms with Crippen LogP contribution in [0.3, 0.4) is 0 Å².